The molecule has 0 fully saturated rings. The highest BCUT2D eigenvalue weighted by atomic mass is 15.1. The molecule has 4 aromatic carbocycles. The van der Waals surface area contributed by atoms with Crippen molar-refractivity contribution in [2.24, 2.45) is 7.05 Å². The summed E-state index contributed by atoms with van der Waals surface area (Å²) in [6.45, 7) is 4.28. The number of anilines is 3. The smallest absolute Gasteiger partial charge is 0.139 e. The Morgan fingerprint density at radius 1 is 0.658 bits per heavy atom. The first-order valence-electron chi connectivity index (χ1n) is 12.7. The van der Waals surface area contributed by atoms with Crippen LogP contribution in [0.4, 0.5) is 17.1 Å². The van der Waals surface area contributed by atoms with E-state index in [-0.39, 0.29) is 0 Å². The van der Waals surface area contributed by atoms with Crippen molar-refractivity contribution < 1.29 is 0 Å². The molecule has 186 valence electrons. The fraction of sp³-hybridized carbons (Fsp3) is 0.0909. The Bertz CT molecular complexity index is 1690. The van der Waals surface area contributed by atoms with Gasteiger partial charge in [-0.25, -0.2) is 9.97 Å². The van der Waals surface area contributed by atoms with E-state index in [1.165, 1.54) is 16.8 Å². The van der Waals surface area contributed by atoms with Gasteiger partial charge in [-0.1, -0.05) is 60.7 Å². The largest absolute Gasteiger partial charge is 0.334 e. The molecule has 0 spiro atoms. The van der Waals surface area contributed by atoms with Gasteiger partial charge < -0.3 is 14.0 Å². The molecule has 0 saturated carbocycles. The Labute approximate surface area is 223 Å². The molecule has 2 heterocycles. The van der Waals surface area contributed by atoms with E-state index in [2.05, 4.69) is 125 Å². The molecule has 0 saturated heterocycles. The zero-order chi connectivity index (χ0) is 26.1. The maximum Gasteiger partial charge on any atom is 0.139 e. The molecular formula is C33H29N5. The molecule has 0 aliphatic carbocycles. The number of para-hydroxylation sites is 2. The van der Waals surface area contributed by atoms with Crippen LogP contribution >= 0.6 is 0 Å². The Hall–Kier alpha value is -4.90. The molecule has 6 rings (SSSR count). The Balaban J connectivity index is 1.43. The predicted molar refractivity (Wildman–Crippen MR) is 155 cm³/mol. The van der Waals surface area contributed by atoms with Gasteiger partial charge in [-0.15, -0.1) is 0 Å². The van der Waals surface area contributed by atoms with Crippen molar-refractivity contribution >= 4 is 17.1 Å². The molecule has 2 aromatic heterocycles. The highest BCUT2D eigenvalue weighted by molar-refractivity contribution is 5.81. The second-order valence-electron chi connectivity index (χ2n) is 9.54. The highest BCUT2D eigenvalue weighted by Crippen LogP contribution is 2.37. The number of aryl methyl sites for hydroxylation is 3. The lowest BCUT2D eigenvalue weighted by Crippen LogP contribution is -2.10. The lowest BCUT2D eigenvalue weighted by molar-refractivity contribution is 0.925. The van der Waals surface area contributed by atoms with E-state index in [1.807, 2.05) is 36.4 Å². The molecule has 6 aromatic rings. The van der Waals surface area contributed by atoms with Gasteiger partial charge in [0.25, 0.3) is 0 Å². The van der Waals surface area contributed by atoms with Crippen LogP contribution in [0.1, 0.15) is 11.1 Å². The minimum absolute atomic E-state index is 0.935. The van der Waals surface area contributed by atoms with Crippen molar-refractivity contribution in [3.05, 3.63) is 133 Å². The average molecular weight is 496 g/mol. The quantitative estimate of drug-likeness (QED) is 0.235. The van der Waals surface area contributed by atoms with Gasteiger partial charge >= 0.3 is 0 Å². The first-order valence-corrected chi connectivity index (χ1v) is 12.7. The van der Waals surface area contributed by atoms with Gasteiger partial charge in [-0.05, 0) is 61.4 Å². The van der Waals surface area contributed by atoms with Crippen LogP contribution < -0.4 is 4.90 Å². The van der Waals surface area contributed by atoms with E-state index in [0.29, 0.717) is 0 Å². The van der Waals surface area contributed by atoms with Gasteiger partial charge in [0.2, 0.25) is 0 Å². The topological polar surface area (TPSA) is 38.9 Å². The Morgan fingerprint density at radius 3 is 1.97 bits per heavy atom. The number of aromatic nitrogens is 4. The van der Waals surface area contributed by atoms with Crippen molar-refractivity contribution in [1.29, 1.82) is 0 Å². The van der Waals surface area contributed by atoms with Gasteiger partial charge in [0.1, 0.15) is 5.82 Å². The number of benzene rings is 4. The van der Waals surface area contributed by atoms with Gasteiger partial charge in [-0.2, -0.15) is 0 Å². The molecule has 38 heavy (non-hydrogen) atoms. The van der Waals surface area contributed by atoms with E-state index in [1.54, 1.807) is 0 Å². The Kier molecular flexibility index (Phi) is 6.10. The van der Waals surface area contributed by atoms with Crippen LogP contribution in [0.3, 0.4) is 0 Å². The van der Waals surface area contributed by atoms with Crippen molar-refractivity contribution in [2.75, 3.05) is 4.90 Å². The van der Waals surface area contributed by atoms with Crippen molar-refractivity contribution in [1.82, 2.24) is 19.1 Å². The van der Waals surface area contributed by atoms with E-state index in [0.717, 1.165) is 39.7 Å². The number of hydrogen-bond donors (Lipinski definition) is 0. The standard InChI is InChI=1S/C33H29N5/c1-24-10-7-11-25(2)32(24)37-22-31(35-23-37)26-12-8-16-29(20-26)38(28-14-5-4-6-15-28)30-17-9-13-27(21-30)33-34-18-19-36(33)3/h4-23H,1-3H3. The average Bonchev–Trinajstić information content (AvgIpc) is 3.59. The Morgan fingerprint density at radius 2 is 1.29 bits per heavy atom. The maximum absolute atomic E-state index is 4.78. The first kappa shape index (κ1) is 23.5. The summed E-state index contributed by atoms with van der Waals surface area (Å²) >= 11 is 0. The lowest BCUT2D eigenvalue weighted by Gasteiger charge is -2.26. The molecule has 5 nitrogen and oxygen atoms in total. The van der Waals surface area contributed by atoms with E-state index in [4.69, 9.17) is 4.98 Å². The van der Waals surface area contributed by atoms with Gasteiger partial charge in [0.05, 0.1) is 17.7 Å². The zero-order valence-electron chi connectivity index (χ0n) is 21.8. The van der Waals surface area contributed by atoms with Crippen LogP contribution in [0.25, 0.3) is 28.3 Å². The zero-order valence-corrected chi connectivity index (χ0v) is 21.8. The van der Waals surface area contributed by atoms with Gasteiger partial charge in [0.15, 0.2) is 0 Å². The minimum Gasteiger partial charge on any atom is -0.334 e. The fourth-order valence-electron chi connectivity index (χ4n) is 5.06. The molecule has 0 aliphatic rings. The van der Waals surface area contributed by atoms with Crippen LogP contribution in [0.5, 0.6) is 0 Å². The van der Waals surface area contributed by atoms with Crippen molar-refractivity contribution in [3.8, 4) is 28.3 Å². The first-order chi connectivity index (χ1) is 18.6. The fourth-order valence-corrected chi connectivity index (χ4v) is 5.06. The third-order valence-electron chi connectivity index (χ3n) is 6.88. The summed E-state index contributed by atoms with van der Waals surface area (Å²) in [5.74, 6) is 0.936. The SMILES string of the molecule is Cc1cccc(C)c1-n1cnc(-c2cccc(N(c3ccccc3)c3cccc(-c4nccn4C)c3)c2)c1. The molecular weight excluding hydrogens is 466 g/mol. The molecule has 0 bridgehead atoms. The summed E-state index contributed by atoms with van der Waals surface area (Å²) in [7, 11) is 2.02. The second kappa shape index (κ2) is 9.87. The van der Waals surface area contributed by atoms with Crippen molar-refractivity contribution in [3.63, 3.8) is 0 Å². The van der Waals surface area contributed by atoms with Crippen LogP contribution in [0.2, 0.25) is 0 Å². The second-order valence-corrected chi connectivity index (χ2v) is 9.54. The summed E-state index contributed by atoms with van der Waals surface area (Å²) in [6, 6.07) is 33.9. The third-order valence-corrected chi connectivity index (χ3v) is 6.88. The molecule has 0 amide bonds. The van der Waals surface area contributed by atoms with E-state index in [9.17, 15) is 0 Å². The molecule has 0 aliphatic heterocycles. The summed E-state index contributed by atoms with van der Waals surface area (Å²) in [4.78, 5) is 11.6. The summed E-state index contributed by atoms with van der Waals surface area (Å²) in [6.07, 6.45) is 7.82. The van der Waals surface area contributed by atoms with Crippen molar-refractivity contribution in [2.45, 2.75) is 13.8 Å². The van der Waals surface area contributed by atoms with Gasteiger partial charge in [0, 0.05) is 53.8 Å². The highest BCUT2D eigenvalue weighted by Gasteiger charge is 2.16. The van der Waals surface area contributed by atoms with Crippen LogP contribution in [-0.4, -0.2) is 19.1 Å². The molecule has 5 heteroatoms. The number of rotatable bonds is 6. The van der Waals surface area contributed by atoms with E-state index >= 15 is 0 Å². The summed E-state index contributed by atoms with van der Waals surface area (Å²) in [5, 5.41) is 0. The normalized spacial score (nSPS) is 11.0. The summed E-state index contributed by atoms with van der Waals surface area (Å²) in [5.41, 5.74) is 9.91. The third kappa shape index (κ3) is 4.39. The van der Waals surface area contributed by atoms with E-state index < -0.39 is 0 Å². The number of imidazole rings is 2. The predicted octanol–water partition coefficient (Wildman–Crippen LogP) is 8.03. The monoisotopic (exact) mass is 495 g/mol. The minimum atomic E-state index is 0.935. The van der Waals surface area contributed by atoms with Gasteiger partial charge in [-0.3, -0.25) is 0 Å². The maximum atomic E-state index is 4.78. The molecule has 0 N–H and O–H groups in total. The van der Waals surface area contributed by atoms with Crippen LogP contribution in [-0.2, 0) is 7.05 Å². The van der Waals surface area contributed by atoms with Crippen LogP contribution in [0.15, 0.2) is 122 Å². The molecule has 0 atom stereocenters. The number of hydrogen-bond acceptors (Lipinski definition) is 3. The molecule has 0 unspecified atom stereocenters. The summed E-state index contributed by atoms with van der Waals surface area (Å²) < 4.78 is 4.16. The lowest BCUT2D eigenvalue weighted by atomic mass is 10.1. The molecule has 0 radical (unpaired) electrons. The number of nitrogens with zero attached hydrogens (tertiary/aromatic N) is 5. The van der Waals surface area contributed by atoms with Crippen LogP contribution in [0, 0.1) is 13.8 Å².